The molecule has 10 nitrogen and oxygen atoms in total. The zero-order chi connectivity index (χ0) is 45.8. The highest BCUT2D eigenvalue weighted by atomic mass is 79.9. The van der Waals surface area contributed by atoms with E-state index in [1.54, 1.807) is 64.4 Å². The smallest absolute Gasteiger partial charge is 0.261 e. The Morgan fingerprint density at radius 1 is 0.594 bits per heavy atom. The first kappa shape index (κ1) is 47.2. The summed E-state index contributed by atoms with van der Waals surface area (Å²) in [6, 6.07) is 37.6. The number of carbonyl (C=O) groups excluding carboxylic acids is 2. The highest BCUT2D eigenvalue weighted by molar-refractivity contribution is 9.10. The van der Waals surface area contributed by atoms with Gasteiger partial charge in [0.1, 0.15) is 5.82 Å². The molecule has 0 unspecified atom stereocenters. The Labute approximate surface area is 395 Å². The van der Waals surface area contributed by atoms with E-state index in [1.807, 2.05) is 48.5 Å². The molecule has 16 heteroatoms. The van der Waals surface area contributed by atoms with Crippen molar-refractivity contribution >= 4 is 86.7 Å². The standard InChI is InChI=1S/C24H22BrClN2O3S.C24H22BrFN2O3S/c2*1-27(32(30,31)20-11-9-19(25)10-12-20)16-17-8-13-22(26)21(15-17)24(29)28-14-4-6-18-5-2-3-7-23(18)28/h2*2-3,5,7-13,15H,4,6,14,16H2,1H3. The van der Waals surface area contributed by atoms with Gasteiger partial charge in [0.15, 0.2) is 0 Å². The molecule has 0 atom stereocenters. The molecular weight excluding hydrogens is 1010 g/mol. The third-order valence-electron chi connectivity index (χ3n) is 11.1. The Bertz CT molecular complexity index is 2730. The van der Waals surface area contributed by atoms with Gasteiger partial charge in [-0.25, -0.2) is 21.2 Å². The van der Waals surface area contributed by atoms with E-state index >= 15 is 0 Å². The van der Waals surface area contributed by atoms with E-state index in [0.717, 1.165) is 57.1 Å². The predicted molar refractivity (Wildman–Crippen MR) is 256 cm³/mol. The van der Waals surface area contributed by atoms with Crippen molar-refractivity contribution in [3.63, 3.8) is 0 Å². The van der Waals surface area contributed by atoms with Gasteiger partial charge < -0.3 is 9.80 Å². The molecule has 6 aromatic carbocycles. The molecule has 64 heavy (non-hydrogen) atoms. The van der Waals surface area contributed by atoms with Crippen molar-refractivity contribution in [1.29, 1.82) is 0 Å². The maximum Gasteiger partial charge on any atom is 0.261 e. The molecule has 8 rings (SSSR count). The van der Waals surface area contributed by atoms with Crippen molar-refractivity contribution in [2.24, 2.45) is 0 Å². The molecule has 0 spiro atoms. The molecule has 2 amide bonds. The summed E-state index contributed by atoms with van der Waals surface area (Å²) in [6.07, 6.45) is 3.50. The lowest BCUT2D eigenvalue weighted by molar-refractivity contribution is 0.0975. The predicted octanol–water partition coefficient (Wildman–Crippen LogP) is 10.5. The van der Waals surface area contributed by atoms with Gasteiger partial charge in [0.25, 0.3) is 11.8 Å². The normalized spacial score (nSPS) is 13.8. The lowest BCUT2D eigenvalue weighted by Gasteiger charge is -2.30. The topological polar surface area (TPSA) is 115 Å². The number of rotatable bonds is 10. The van der Waals surface area contributed by atoms with Gasteiger partial charge >= 0.3 is 0 Å². The zero-order valence-corrected chi connectivity index (χ0v) is 40.5. The van der Waals surface area contributed by atoms with Crippen molar-refractivity contribution in [2.75, 3.05) is 37.0 Å². The van der Waals surface area contributed by atoms with Gasteiger partial charge in [0, 0.05) is 60.6 Å². The molecule has 0 N–H and O–H groups in total. The molecule has 2 heterocycles. The molecule has 0 saturated carbocycles. The number of aryl methyl sites for hydroxylation is 2. The van der Waals surface area contributed by atoms with Crippen LogP contribution in [0.1, 0.15) is 55.8 Å². The molecule has 0 fully saturated rings. The highest BCUT2D eigenvalue weighted by Crippen LogP contribution is 2.32. The van der Waals surface area contributed by atoms with E-state index in [2.05, 4.69) is 31.9 Å². The minimum absolute atomic E-state index is 0.00947. The molecule has 0 saturated heterocycles. The number of hydrogen-bond acceptors (Lipinski definition) is 6. The van der Waals surface area contributed by atoms with Gasteiger partial charge in [0.2, 0.25) is 20.0 Å². The second-order valence-electron chi connectivity index (χ2n) is 15.4. The van der Waals surface area contributed by atoms with Crippen molar-refractivity contribution in [3.8, 4) is 0 Å². The summed E-state index contributed by atoms with van der Waals surface area (Å²) in [5.41, 5.74) is 5.42. The minimum Gasteiger partial charge on any atom is -0.308 e. The first-order chi connectivity index (χ1) is 30.5. The number of fused-ring (bicyclic) bond motifs is 2. The van der Waals surface area contributed by atoms with Crippen LogP contribution < -0.4 is 9.80 Å². The van der Waals surface area contributed by atoms with E-state index in [-0.39, 0.29) is 34.4 Å². The van der Waals surface area contributed by atoms with Crippen LogP contribution in [0.5, 0.6) is 0 Å². The van der Waals surface area contributed by atoms with Crippen molar-refractivity contribution in [1.82, 2.24) is 8.61 Å². The molecule has 0 bridgehead atoms. The van der Waals surface area contributed by atoms with Crippen LogP contribution in [0.3, 0.4) is 0 Å². The maximum atomic E-state index is 14.6. The molecule has 6 aromatic rings. The number of hydrogen-bond donors (Lipinski definition) is 0. The quantitative estimate of drug-likeness (QED) is 0.135. The fourth-order valence-corrected chi connectivity index (χ4v) is 10.8. The summed E-state index contributed by atoms with van der Waals surface area (Å²) in [4.78, 5) is 30.3. The number of anilines is 2. The largest absolute Gasteiger partial charge is 0.308 e. The summed E-state index contributed by atoms with van der Waals surface area (Å²) in [6.45, 7) is 1.26. The second-order valence-corrected chi connectivity index (χ2v) is 21.8. The Hall–Kier alpha value is -4.74. The Balaban J connectivity index is 0.000000191. The fourth-order valence-electron chi connectivity index (χ4n) is 7.71. The van der Waals surface area contributed by atoms with Gasteiger partial charge in [0.05, 0.1) is 25.9 Å². The van der Waals surface area contributed by atoms with Gasteiger partial charge in [-0.15, -0.1) is 0 Å². The number of halogens is 4. The number of sulfonamides is 2. The van der Waals surface area contributed by atoms with Gasteiger partial charge in [-0.3, -0.25) is 9.59 Å². The Morgan fingerprint density at radius 2 is 1.00 bits per heavy atom. The maximum absolute atomic E-state index is 14.6. The Morgan fingerprint density at radius 3 is 1.47 bits per heavy atom. The number of benzene rings is 6. The average molecular weight is 1050 g/mol. The highest BCUT2D eigenvalue weighted by Gasteiger charge is 2.29. The van der Waals surface area contributed by atoms with E-state index in [0.29, 0.717) is 34.8 Å². The number of nitrogens with zero attached hydrogens (tertiary/aromatic N) is 4. The molecule has 0 radical (unpaired) electrons. The summed E-state index contributed by atoms with van der Waals surface area (Å²) < 4.78 is 70.3. The van der Waals surface area contributed by atoms with Crippen molar-refractivity contribution in [2.45, 2.75) is 48.6 Å². The monoisotopic (exact) mass is 1050 g/mol. The van der Waals surface area contributed by atoms with Crippen LogP contribution in [0.15, 0.2) is 152 Å². The third kappa shape index (κ3) is 10.5. The summed E-state index contributed by atoms with van der Waals surface area (Å²) >= 11 is 13.0. The number of para-hydroxylation sites is 2. The van der Waals surface area contributed by atoms with Crippen LogP contribution in [0.25, 0.3) is 0 Å². The van der Waals surface area contributed by atoms with Gasteiger partial charge in [-0.1, -0.05) is 92.0 Å². The lowest BCUT2D eigenvalue weighted by atomic mass is 10.0. The van der Waals surface area contributed by atoms with Crippen LogP contribution in [0.4, 0.5) is 15.8 Å². The van der Waals surface area contributed by atoms with Crippen LogP contribution >= 0.6 is 43.5 Å². The van der Waals surface area contributed by atoms with Crippen LogP contribution in [0.2, 0.25) is 5.02 Å². The minimum atomic E-state index is -3.73. The van der Waals surface area contributed by atoms with Crippen LogP contribution in [-0.4, -0.2) is 64.4 Å². The summed E-state index contributed by atoms with van der Waals surface area (Å²) in [5.74, 6) is -1.22. The van der Waals surface area contributed by atoms with Crippen molar-refractivity contribution < 1.29 is 30.8 Å². The van der Waals surface area contributed by atoms with E-state index < -0.39 is 31.8 Å². The second kappa shape index (κ2) is 20.2. The molecule has 2 aliphatic rings. The molecular formula is C48H44Br2ClFN4O6S2. The molecule has 2 aliphatic heterocycles. The van der Waals surface area contributed by atoms with Crippen LogP contribution in [-0.2, 0) is 46.0 Å². The number of amides is 2. The Kier molecular flexibility index (Phi) is 14.9. The van der Waals surface area contributed by atoms with E-state index in [1.165, 1.54) is 53.0 Å². The van der Waals surface area contributed by atoms with Gasteiger partial charge in [-0.05, 0) is 133 Å². The number of carbonyl (C=O) groups is 2. The summed E-state index contributed by atoms with van der Waals surface area (Å²) in [7, 11) is -4.42. The average Bonchev–Trinajstić information content (AvgIpc) is 3.30. The first-order valence-corrected chi connectivity index (χ1v) is 25.2. The van der Waals surface area contributed by atoms with E-state index in [9.17, 15) is 30.8 Å². The van der Waals surface area contributed by atoms with Gasteiger partial charge in [-0.2, -0.15) is 8.61 Å². The molecule has 0 aliphatic carbocycles. The van der Waals surface area contributed by atoms with E-state index in [4.69, 9.17) is 11.6 Å². The SMILES string of the molecule is CN(Cc1ccc(Cl)c(C(=O)N2CCCc3ccccc32)c1)S(=O)(=O)c1ccc(Br)cc1.CN(Cc1ccc(F)c(C(=O)N2CCCc3ccccc32)c1)S(=O)(=O)c1ccc(Br)cc1. The zero-order valence-electron chi connectivity index (χ0n) is 34.9. The third-order valence-corrected chi connectivity index (χ3v) is 16.1. The summed E-state index contributed by atoms with van der Waals surface area (Å²) in [5, 5.41) is 0.347. The first-order valence-electron chi connectivity index (χ1n) is 20.3. The lowest BCUT2D eigenvalue weighted by Crippen LogP contribution is -2.36. The van der Waals surface area contributed by atoms with Crippen molar-refractivity contribution in [3.05, 3.63) is 187 Å². The fraction of sp³-hybridized carbons (Fsp3) is 0.208. The molecule has 0 aromatic heterocycles. The van der Waals surface area contributed by atoms with Crippen LogP contribution in [0, 0.1) is 5.82 Å². The molecule has 332 valence electrons.